The van der Waals surface area contributed by atoms with Gasteiger partial charge in [-0.2, -0.15) is 0 Å². The lowest BCUT2D eigenvalue weighted by Crippen LogP contribution is -2.30. The first-order chi connectivity index (χ1) is 9.26. The van der Waals surface area contributed by atoms with Crippen molar-refractivity contribution < 1.29 is 14.3 Å². The van der Waals surface area contributed by atoms with E-state index in [9.17, 15) is 9.59 Å². The highest BCUT2D eigenvalue weighted by Crippen LogP contribution is 2.33. The molecule has 1 aromatic carbocycles. The van der Waals surface area contributed by atoms with Gasteiger partial charge < -0.3 is 4.74 Å². The van der Waals surface area contributed by atoms with E-state index in [-0.39, 0.29) is 24.6 Å². The van der Waals surface area contributed by atoms with Gasteiger partial charge in [0, 0.05) is 22.4 Å². The molecule has 1 atom stereocenters. The summed E-state index contributed by atoms with van der Waals surface area (Å²) in [7, 11) is 1.33. The molecule has 0 saturated heterocycles. The zero-order valence-electron chi connectivity index (χ0n) is 11.8. The van der Waals surface area contributed by atoms with Crippen LogP contribution >= 0.6 is 23.2 Å². The van der Waals surface area contributed by atoms with Crippen LogP contribution in [0.5, 0.6) is 0 Å². The molecule has 1 unspecified atom stereocenters. The van der Waals surface area contributed by atoms with Crippen LogP contribution in [0.15, 0.2) is 24.3 Å². The van der Waals surface area contributed by atoms with E-state index < -0.39 is 10.8 Å². The van der Waals surface area contributed by atoms with Crippen LogP contribution in [0.2, 0.25) is 5.02 Å². The Bertz CT molecular complexity index is 480. The number of ketones is 1. The van der Waals surface area contributed by atoms with Gasteiger partial charge in [0.25, 0.3) is 0 Å². The molecule has 0 amide bonds. The quantitative estimate of drug-likeness (QED) is 0.450. The largest absolute Gasteiger partial charge is 0.469 e. The minimum Gasteiger partial charge on any atom is -0.469 e. The number of Topliss-reactive ketones (excluding diaryl/α,β-unsaturated/α-hetero) is 1. The Balaban J connectivity index is 2.69. The summed E-state index contributed by atoms with van der Waals surface area (Å²) >= 11 is 12.1. The Morgan fingerprint density at radius 1 is 1.25 bits per heavy atom. The lowest BCUT2D eigenvalue weighted by atomic mass is 9.82. The van der Waals surface area contributed by atoms with Crippen LogP contribution in [0.25, 0.3) is 0 Å². The van der Waals surface area contributed by atoms with Crippen LogP contribution in [-0.2, 0) is 9.53 Å². The van der Waals surface area contributed by atoms with E-state index in [0.717, 1.165) is 0 Å². The van der Waals surface area contributed by atoms with Crippen molar-refractivity contribution >= 4 is 35.0 Å². The maximum atomic E-state index is 12.1. The summed E-state index contributed by atoms with van der Waals surface area (Å²) in [5.41, 5.74) is 0.0467. The number of esters is 1. The van der Waals surface area contributed by atoms with Crippen LogP contribution in [0.3, 0.4) is 0 Å². The van der Waals surface area contributed by atoms with Crippen molar-refractivity contribution in [2.24, 2.45) is 5.41 Å². The van der Waals surface area contributed by atoms with Gasteiger partial charge in [-0.3, -0.25) is 9.59 Å². The van der Waals surface area contributed by atoms with Gasteiger partial charge in [-0.25, -0.2) is 0 Å². The zero-order chi connectivity index (χ0) is 15.3. The summed E-state index contributed by atoms with van der Waals surface area (Å²) in [5, 5.41) is 0.125. The standard InChI is InChI=1S/C15H18Cl2O3/c1-15(2,9-14(19)20-3)13(17)8-12(18)10-4-6-11(16)7-5-10/h4-7,13H,8-9H2,1-3H3. The van der Waals surface area contributed by atoms with Gasteiger partial charge in [-0.15, -0.1) is 11.6 Å². The third-order valence-corrected chi connectivity index (χ3v) is 4.20. The van der Waals surface area contributed by atoms with Gasteiger partial charge >= 0.3 is 5.97 Å². The van der Waals surface area contributed by atoms with Crippen LogP contribution in [0.4, 0.5) is 0 Å². The molecular weight excluding hydrogens is 299 g/mol. The first-order valence-corrected chi connectivity index (χ1v) is 7.07. The number of rotatable bonds is 6. The van der Waals surface area contributed by atoms with Crippen LogP contribution < -0.4 is 0 Å². The van der Waals surface area contributed by atoms with Crippen LogP contribution in [-0.4, -0.2) is 24.2 Å². The van der Waals surface area contributed by atoms with E-state index in [1.165, 1.54) is 7.11 Å². The van der Waals surface area contributed by atoms with Gasteiger partial charge in [0.2, 0.25) is 0 Å². The smallest absolute Gasteiger partial charge is 0.306 e. The molecule has 0 aromatic heterocycles. The maximum Gasteiger partial charge on any atom is 0.306 e. The number of halogens is 2. The van der Waals surface area contributed by atoms with E-state index in [2.05, 4.69) is 4.74 Å². The minimum atomic E-state index is -0.517. The molecule has 0 saturated carbocycles. The topological polar surface area (TPSA) is 43.4 Å². The SMILES string of the molecule is COC(=O)CC(C)(C)C(Cl)CC(=O)c1ccc(Cl)cc1. The fourth-order valence-electron chi connectivity index (χ4n) is 1.75. The van der Waals surface area contributed by atoms with E-state index in [1.54, 1.807) is 24.3 Å². The average Bonchev–Trinajstić information content (AvgIpc) is 2.38. The van der Waals surface area contributed by atoms with Crippen molar-refractivity contribution in [3.63, 3.8) is 0 Å². The highest BCUT2D eigenvalue weighted by Gasteiger charge is 2.32. The zero-order valence-corrected chi connectivity index (χ0v) is 13.3. The molecule has 0 aliphatic carbocycles. The number of carbonyl (C=O) groups is 2. The summed E-state index contributed by atoms with van der Waals surface area (Å²) in [6.07, 6.45) is 0.332. The van der Waals surface area contributed by atoms with Crippen molar-refractivity contribution in [1.29, 1.82) is 0 Å². The molecule has 0 N–H and O–H groups in total. The summed E-state index contributed by atoms with van der Waals surface area (Å²) < 4.78 is 4.64. The van der Waals surface area contributed by atoms with Crippen LogP contribution in [0, 0.1) is 5.41 Å². The number of alkyl halides is 1. The maximum absolute atomic E-state index is 12.1. The van der Waals surface area contributed by atoms with Gasteiger partial charge in [-0.1, -0.05) is 25.4 Å². The van der Waals surface area contributed by atoms with Crippen molar-refractivity contribution in [2.75, 3.05) is 7.11 Å². The molecule has 0 bridgehead atoms. The van der Waals surface area contributed by atoms with Gasteiger partial charge in [0.05, 0.1) is 13.5 Å². The molecule has 110 valence electrons. The highest BCUT2D eigenvalue weighted by atomic mass is 35.5. The molecule has 20 heavy (non-hydrogen) atoms. The number of carbonyl (C=O) groups excluding carboxylic acids is 2. The summed E-state index contributed by atoms with van der Waals surface area (Å²) in [6.45, 7) is 3.69. The number of hydrogen-bond acceptors (Lipinski definition) is 3. The molecule has 0 heterocycles. The van der Waals surface area contributed by atoms with Crippen molar-refractivity contribution in [2.45, 2.75) is 32.1 Å². The van der Waals surface area contributed by atoms with E-state index in [1.807, 2.05) is 13.8 Å². The number of methoxy groups -OCH3 is 1. The molecule has 0 aliphatic heterocycles. The molecule has 3 nitrogen and oxygen atoms in total. The summed E-state index contributed by atoms with van der Waals surface area (Å²) in [5.74, 6) is -0.404. The van der Waals surface area contributed by atoms with Crippen molar-refractivity contribution in [3.8, 4) is 0 Å². The Kier molecular flexibility index (Phi) is 6.03. The molecular formula is C15H18Cl2O3. The number of benzene rings is 1. The summed E-state index contributed by atoms with van der Waals surface area (Å²) in [4.78, 5) is 23.5. The van der Waals surface area contributed by atoms with Gasteiger partial charge in [-0.05, 0) is 29.7 Å². The first-order valence-electron chi connectivity index (χ1n) is 6.26. The molecule has 5 heteroatoms. The molecule has 1 rings (SSSR count). The minimum absolute atomic E-state index is 0.0698. The Morgan fingerprint density at radius 3 is 2.30 bits per heavy atom. The van der Waals surface area contributed by atoms with Crippen molar-refractivity contribution in [1.82, 2.24) is 0 Å². The third kappa shape index (κ3) is 4.80. The number of hydrogen-bond donors (Lipinski definition) is 0. The second-order valence-electron chi connectivity index (χ2n) is 5.34. The second kappa shape index (κ2) is 7.09. The number of ether oxygens (including phenoxy) is 1. The lowest BCUT2D eigenvalue weighted by Gasteiger charge is -2.28. The van der Waals surface area contributed by atoms with E-state index in [4.69, 9.17) is 23.2 Å². The monoisotopic (exact) mass is 316 g/mol. The molecule has 1 aromatic rings. The normalized spacial score (nSPS) is 12.8. The fraction of sp³-hybridized carbons (Fsp3) is 0.467. The molecule has 0 spiro atoms. The third-order valence-electron chi connectivity index (χ3n) is 3.21. The van der Waals surface area contributed by atoms with E-state index in [0.29, 0.717) is 10.6 Å². The van der Waals surface area contributed by atoms with Gasteiger partial charge in [0.15, 0.2) is 5.78 Å². The predicted molar refractivity (Wildman–Crippen MR) is 80.5 cm³/mol. The van der Waals surface area contributed by atoms with Gasteiger partial charge in [0.1, 0.15) is 0 Å². The Labute approximate surface area is 129 Å². The van der Waals surface area contributed by atoms with Crippen molar-refractivity contribution in [3.05, 3.63) is 34.9 Å². The van der Waals surface area contributed by atoms with E-state index >= 15 is 0 Å². The molecule has 0 aliphatic rings. The lowest BCUT2D eigenvalue weighted by molar-refractivity contribution is -0.142. The highest BCUT2D eigenvalue weighted by molar-refractivity contribution is 6.30. The fourth-order valence-corrected chi connectivity index (χ4v) is 2.09. The Morgan fingerprint density at radius 2 is 1.80 bits per heavy atom. The Hall–Kier alpha value is -1.06. The molecule has 0 radical (unpaired) electrons. The molecule has 0 fully saturated rings. The second-order valence-corrected chi connectivity index (χ2v) is 6.31. The predicted octanol–water partition coefficient (Wildman–Crippen LogP) is 4.11. The first kappa shape index (κ1) is 17.0. The summed E-state index contributed by atoms with van der Waals surface area (Å²) in [6, 6.07) is 6.67. The van der Waals surface area contributed by atoms with Crippen LogP contribution in [0.1, 0.15) is 37.0 Å². The average molecular weight is 317 g/mol.